The van der Waals surface area contributed by atoms with E-state index in [1.54, 1.807) is 49.5 Å². The lowest BCUT2D eigenvalue weighted by Gasteiger charge is -2.10. The van der Waals surface area contributed by atoms with Gasteiger partial charge in [-0.25, -0.2) is 14.1 Å². The third-order valence-electron chi connectivity index (χ3n) is 4.65. The van der Waals surface area contributed by atoms with Crippen LogP contribution in [-0.4, -0.2) is 20.7 Å². The Bertz CT molecular complexity index is 1300. The summed E-state index contributed by atoms with van der Waals surface area (Å²) in [5.41, 5.74) is 1.12. The van der Waals surface area contributed by atoms with E-state index in [2.05, 4.69) is 15.4 Å². The number of halogens is 1. The van der Waals surface area contributed by atoms with Crippen LogP contribution in [0, 0.1) is 12.7 Å². The Morgan fingerprint density at radius 1 is 1.10 bits per heavy atom. The van der Waals surface area contributed by atoms with Crippen molar-refractivity contribution in [3.63, 3.8) is 0 Å². The first-order chi connectivity index (χ1) is 15.0. The Morgan fingerprint density at radius 3 is 2.65 bits per heavy atom. The molecule has 0 aliphatic rings. The van der Waals surface area contributed by atoms with Gasteiger partial charge < -0.3 is 10.1 Å². The van der Waals surface area contributed by atoms with Gasteiger partial charge in [-0.15, -0.1) is 0 Å². The molecule has 0 bridgehead atoms. The number of rotatable bonds is 6. The molecule has 0 aliphatic carbocycles. The zero-order valence-electron chi connectivity index (χ0n) is 16.7. The third-order valence-corrected chi connectivity index (χ3v) is 4.65. The van der Waals surface area contributed by atoms with E-state index in [1.807, 2.05) is 12.1 Å². The van der Waals surface area contributed by atoms with E-state index in [4.69, 9.17) is 4.74 Å². The smallest absolute Gasteiger partial charge is 0.275 e. The summed E-state index contributed by atoms with van der Waals surface area (Å²) >= 11 is 0. The van der Waals surface area contributed by atoms with Crippen molar-refractivity contribution >= 4 is 16.7 Å². The summed E-state index contributed by atoms with van der Waals surface area (Å²) < 4.78 is 19.9. The van der Waals surface area contributed by atoms with E-state index in [1.165, 1.54) is 16.8 Å². The van der Waals surface area contributed by atoms with Gasteiger partial charge in [0.2, 0.25) is 11.8 Å². The van der Waals surface area contributed by atoms with E-state index >= 15 is 0 Å². The molecule has 0 fully saturated rings. The van der Waals surface area contributed by atoms with Crippen LogP contribution in [-0.2, 0) is 17.9 Å². The average molecular weight is 418 g/mol. The van der Waals surface area contributed by atoms with Crippen molar-refractivity contribution in [3.05, 3.63) is 94.3 Å². The SMILES string of the molecule is Cc1nn(CC(=O)NCc2ccc(Oc3cccc(F)c3)nc2)c(=O)c2ccccc12. The van der Waals surface area contributed by atoms with Crippen molar-refractivity contribution in [1.82, 2.24) is 20.1 Å². The molecule has 1 N–H and O–H groups in total. The van der Waals surface area contributed by atoms with E-state index in [0.29, 0.717) is 22.7 Å². The Balaban J connectivity index is 1.37. The molecule has 2 aromatic carbocycles. The number of hydrogen-bond donors (Lipinski definition) is 1. The minimum Gasteiger partial charge on any atom is -0.439 e. The predicted octanol–water partition coefficient (Wildman–Crippen LogP) is 3.35. The normalized spacial score (nSPS) is 10.8. The van der Waals surface area contributed by atoms with Crippen molar-refractivity contribution in [2.45, 2.75) is 20.0 Å². The second-order valence-corrected chi connectivity index (χ2v) is 6.93. The molecule has 2 aromatic heterocycles. The van der Waals surface area contributed by atoms with Crippen LogP contribution in [0.3, 0.4) is 0 Å². The first-order valence-corrected chi connectivity index (χ1v) is 9.61. The fraction of sp³-hybridized carbons (Fsp3) is 0.130. The molecule has 4 aromatic rings. The monoisotopic (exact) mass is 418 g/mol. The molecule has 0 aliphatic heterocycles. The number of fused-ring (bicyclic) bond motifs is 1. The summed E-state index contributed by atoms with van der Waals surface area (Å²) in [6.07, 6.45) is 1.56. The van der Waals surface area contributed by atoms with Crippen molar-refractivity contribution < 1.29 is 13.9 Å². The first kappa shape index (κ1) is 20.2. The maximum Gasteiger partial charge on any atom is 0.275 e. The van der Waals surface area contributed by atoms with Crippen LogP contribution in [0.4, 0.5) is 4.39 Å². The van der Waals surface area contributed by atoms with Crippen LogP contribution in [0.5, 0.6) is 11.6 Å². The van der Waals surface area contributed by atoms with Crippen LogP contribution in [0.1, 0.15) is 11.3 Å². The molecule has 0 atom stereocenters. The summed E-state index contributed by atoms with van der Waals surface area (Å²) in [6.45, 7) is 1.85. The van der Waals surface area contributed by atoms with Crippen LogP contribution in [0.25, 0.3) is 10.8 Å². The summed E-state index contributed by atoms with van der Waals surface area (Å²) in [4.78, 5) is 29.1. The second kappa shape index (κ2) is 8.74. The van der Waals surface area contributed by atoms with Gasteiger partial charge >= 0.3 is 0 Å². The van der Waals surface area contributed by atoms with Gasteiger partial charge in [0.1, 0.15) is 18.1 Å². The summed E-state index contributed by atoms with van der Waals surface area (Å²) in [5.74, 6) is -0.0864. The highest BCUT2D eigenvalue weighted by molar-refractivity contribution is 5.83. The number of carbonyl (C=O) groups is 1. The number of carbonyl (C=O) groups excluding carboxylic acids is 1. The Hall–Kier alpha value is -4.07. The maximum absolute atomic E-state index is 13.2. The van der Waals surface area contributed by atoms with Crippen molar-refractivity contribution in [2.75, 3.05) is 0 Å². The molecule has 0 saturated heterocycles. The van der Waals surface area contributed by atoms with Gasteiger partial charge in [-0.05, 0) is 30.7 Å². The number of benzene rings is 2. The van der Waals surface area contributed by atoms with Crippen LogP contribution in [0.2, 0.25) is 0 Å². The van der Waals surface area contributed by atoms with Crippen LogP contribution in [0.15, 0.2) is 71.7 Å². The molecule has 7 nitrogen and oxygen atoms in total. The Kier molecular flexibility index (Phi) is 5.70. The lowest BCUT2D eigenvalue weighted by molar-refractivity contribution is -0.122. The topological polar surface area (TPSA) is 86.1 Å². The minimum atomic E-state index is -0.396. The molecule has 0 unspecified atom stereocenters. The predicted molar refractivity (Wildman–Crippen MR) is 113 cm³/mol. The Labute approximate surface area is 177 Å². The number of amides is 1. The van der Waals surface area contributed by atoms with Gasteiger partial charge in [0.05, 0.1) is 11.1 Å². The quantitative estimate of drug-likeness (QED) is 0.519. The highest BCUT2D eigenvalue weighted by Crippen LogP contribution is 2.20. The van der Waals surface area contributed by atoms with E-state index in [0.717, 1.165) is 10.9 Å². The standard InChI is InChI=1S/C23H19FN4O3/c1-15-19-7-2-3-8-20(19)23(30)28(27-15)14-21(29)25-12-16-9-10-22(26-13-16)31-18-6-4-5-17(24)11-18/h2-11,13H,12,14H2,1H3,(H,25,29). The van der Waals surface area contributed by atoms with Gasteiger partial charge in [-0.2, -0.15) is 5.10 Å². The number of aromatic nitrogens is 3. The molecule has 1 amide bonds. The number of hydrogen-bond acceptors (Lipinski definition) is 5. The minimum absolute atomic E-state index is 0.182. The summed E-state index contributed by atoms with van der Waals surface area (Å²) in [5, 5.41) is 8.29. The molecule has 0 radical (unpaired) electrons. The third kappa shape index (κ3) is 4.75. The van der Waals surface area contributed by atoms with Gasteiger partial charge in [0.15, 0.2) is 0 Å². The molecule has 8 heteroatoms. The lowest BCUT2D eigenvalue weighted by Crippen LogP contribution is -2.33. The molecule has 31 heavy (non-hydrogen) atoms. The van der Waals surface area contributed by atoms with Crippen molar-refractivity contribution in [1.29, 1.82) is 0 Å². The molecule has 4 rings (SSSR count). The average Bonchev–Trinajstić information content (AvgIpc) is 2.77. The molecular formula is C23H19FN4O3. The highest BCUT2D eigenvalue weighted by atomic mass is 19.1. The van der Waals surface area contributed by atoms with Gasteiger partial charge in [0.25, 0.3) is 5.56 Å². The van der Waals surface area contributed by atoms with Crippen LogP contribution < -0.4 is 15.6 Å². The van der Waals surface area contributed by atoms with E-state index in [-0.39, 0.29) is 24.6 Å². The van der Waals surface area contributed by atoms with Gasteiger partial charge in [0, 0.05) is 30.3 Å². The number of ether oxygens (including phenoxy) is 1. The zero-order chi connectivity index (χ0) is 21.8. The van der Waals surface area contributed by atoms with Crippen molar-refractivity contribution in [3.8, 4) is 11.6 Å². The highest BCUT2D eigenvalue weighted by Gasteiger charge is 2.11. The van der Waals surface area contributed by atoms with Gasteiger partial charge in [-0.3, -0.25) is 9.59 Å². The molecule has 156 valence electrons. The fourth-order valence-corrected chi connectivity index (χ4v) is 3.13. The summed E-state index contributed by atoms with van der Waals surface area (Å²) in [7, 11) is 0. The molecular weight excluding hydrogens is 399 g/mol. The largest absolute Gasteiger partial charge is 0.439 e. The molecule has 0 saturated carbocycles. The lowest BCUT2D eigenvalue weighted by atomic mass is 10.1. The van der Waals surface area contributed by atoms with Crippen LogP contribution >= 0.6 is 0 Å². The second-order valence-electron chi connectivity index (χ2n) is 6.93. The molecule has 0 spiro atoms. The fourth-order valence-electron chi connectivity index (χ4n) is 3.13. The molecule has 2 heterocycles. The van der Waals surface area contributed by atoms with E-state index < -0.39 is 5.82 Å². The number of pyridine rings is 1. The number of nitrogens with one attached hydrogen (secondary N) is 1. The zero-order valence-corrected chi connectivity index (χ0v) is 16.7. The number of nitrogens with zero attached hydrogens (tertiary/aromatic N) is 3. The van der Waals surface area contributed by atoms with Crippen molar-refractivity contribution in [2.24, 2.45) is 0 Å². The van der Waals surface area contributed by atoms with Gasteiger partial charge in [-0.1, -0.05) is 30.3 Å². The summed E-state index contributed by atoms with van der Waals surface area (Å²) in [6, 6.07) is 16.3. The maximum atomic E-state index is 13.2. The number of aryl methyl sites for hydroxylation is 1. The Morgan fingerprint density at radius 2 is 1.90 bits per heavy atom. The van der Waals surface area contributed by atoms with E-state index in [9.17, 15) is 14.0 Å². The first-order valence-electron chi connectivity index (χ1n) is 9.61.